The molecule has 166 valence electrons. The zero-order valence-corrected chi connectivity index (χ0v) is 19.2. The summed E-state index contributed by atoms with van der Waals surface area (Å²) >= 11 is 6.67. The van der Waals surface area contributed by atoms with Gasteiger partial charge < -0.3 is 19.5 Å². The Bertz CT molecular complexity index is 1330. The maximum absolute atomic E-state index is 13.8. The van der Waals surface area contributed by atoms with Crippen LogP contribution in [-0.4, -0.2) is 22.6 Å². The third kappa shape index (κ3) is 3.85. The number of amides is 2. The van der Waals surface area contributed by atoms with Gasteiger partial charge in [0.1, 0.15) is 11.8 Å². The first-order chi connectivity index (χ1) is 16.1. The second-order valence-corrected chi connectivity index (χ2v) is 8.52. The average Bonchev–Trinajstić information content (AvgIpc) is 3.24. The Balaban J connectivity index is 1.65. The third-order valence-electron chi connectivity index (χ3n) is 6.02. The lowest BCUT2D eigenvalue weighted by molar-refractivity contribution is 0.194. The number of para-hydroxylation sites is 1. The smallest absolute Gasteiger partial charge is 0.323 e. The fourth-order valence-corrected chi connectivity index (χ4v) is 4.71. The molecule has 0 bridgehead atoms. The summed E-state index contributed by atoms with van der Waals surface area (Å²) in [6.45, 7) is 2.41. The van der Waals surface area contributed by atoms with Crippen LogP contribution in [0.5, 0.6) is 5.75 Å². The van der Waals surface area contributed by atoms with Crippen molar-refractivity contribution in [2.45, 2.75) is 19.5 Å². The Kier molecular flexibility index (Phi) is 5.56. The Labute approximate surface area is 198 Å². The quantitative estimate of drug-likeness (QED) is 0.377. The van der Waals surface area contributed by atoms with Gasteiger partial charge in [0.15, 0.2) is 0 Å². The van der Waals surface area contributed by atoms with Crippen molar-refractivity contribution < 1.29 is 9.53 Å². The van der Waals surface area contributed by atoms with Crippen LogP contribution in [0.15, 0.2) is 85.1 Å². The van der Waals surface area contributed by atoms with Gasteiger partial charge in [-0.05, 0) is 60.0 Å². The summed E-state index contributed by atoms with van der Waals surface area (Å²) < 4.78 is 7.63. The monoisotopic (exact) mass is 457 g/mol. The average molecular weight is 458 g/mol. The molecule has 0 spiro atoms. The van der Waals surface area contributed by atoms with E-state index in [2.05, 4.69) is 22.0 Å². The molecular weight excluding hydrogens is 434 g/mol. The van der Waals surface area contributed by atoms with Crippen molar-refractivity contribution in [3.63, 3.8) is 0 Å². The van der Waals surface area contributed by atoms with E-state index in [1.807, 2.05) is 84.8 Å². The van der Waals surface area contributed by atoms with Crippen LogP contribution in [0.1, 0.15) is 28.4 Å². The van der Waals surface area contributed by atoms with Crippen LogP contribution in [0, 0.1) is 6.92 Å². The molecule has 1 aliphatic rings. The predicted octanol–water partition coefficient (Wildman–Crippen LogP) is 6.58. The standard InChI is InChI=1S/C27H24ClN3O2/c1-18-13-14-25(33-2)22(16-18)29-27(32)31-17-19-8-3-6-11-23(19)30-15-7-12-24(30)26(31)20-9-4-5-10-21(20)28/h3-16,26H,17H2,1-2H3,(H,29,32). The molecule has 33 heavy (non-hydrogen) atoms. The van der Waals surface area contributed by atoms with Crippen molar-refractivity contribution >= 4 is 23.3 Å². The summed E-state index contributed by atoms with van der Waals surface area (Å²) in [6.07, 6.45) is 2.03. The SMILES string of the molecule is COc1ccc(C)cc1NC(=O)N1Cc2ccccc2-n2cccc2C1c1ccccc1Cl. The van der Waals surface area contributed by atoms with Gasteiger partial charge in [0.2, 0.25) is 0 Å². The first-order valence-electron chi connectivity index (χ1n) is 10.8. The minimum Gasteiger partial charge on any atom is -0.495 e. The number of hydrogen-bond acceptors (Lipinski definition) is 2. The zero-order valence-electron chi connectivity index (χ0n) is 18.5. The van der Waals surface area contributed by atoms with E-state index < -0.39 is 0 Å². The van der Waals surface area contributed by atoms with Gasteiger partial charge in [0, 0.05) is 11.2 Å². The molecule has 0 saturated carbocycles. The Hall–Kier alpha value is -3.70. The number of urea groups is 1. The number of carbonyl (C=O) groups is 1. The van der Waals surface area contributed by atoms with Crippen LogP contribution < -0.4 is 10.1 Å². The highest BCUT2D eigenvalue weighted by atomic mass is 35.5. The molecule has 5 nitrogen and oxygen atoms in total. The van der Waals surface area contributed by atoms with Crippen LogP contribution in [0.4, 0.5) is 10.5 Å². The van der Waals surface area contributed by atoms with Crippen LogP contribution in [0.3, 0.4) is 0 Å². The highest BCUT2D eigenvalue weighted by molar-refractivity contribution is 6.31. The van der Waals surface area contributed by atoms with Crippen molar-refractivity contribution in [1.82, 2.24) is 9.47 Å². The fraction of sp³-hybridized carbons (Fsp3) is 0.148. The highest BCUT2D eigenvalue weighted by Gasteiger charge is 2.34. The number of carbonyl (C=O) groups excluding carboxylic acids is 1. The molecule has 4 aromatic rings. The predicted molar refractivity (Wildman–Crippen MR) is 131 cm³/mol. The van der Waals surface area contributed by atoms with Gasteiger partial charge in [-0.2, -0.15) is 0 Å². The number of anilines is 1. The van der Waals surface area contributed by atoms with Crippen LogP contribution >= 0.6 is 11.6 Å². The van der Waals surface area contributed by atoms with Crippen molar-refractivity contribution in [1.29, 1.82) is 0 Å². The number of nitrogens with one attached hydrogen (secondary N) is 1. The van der Waals surface area contributed by atoms with Gasteiger partial charge in [-0.1, -0.05) is 54.1 Å². The number of ether oxygens (including phenoxy) is 1. The zero-order chi connectivity index (χ0) is 22.9. The molecule has 1 unspecified atom stereocenters. The normalized spacial score (nSPS) is 14.8. The summed E-state index contributed by atoms with van der Waals surface area (Å²) in [7, 11) is 1.60. The summed E-state index contributed by atoms with van der Waals surface area (Å²) in [5.41, 5.74) is 5.61. The molecule has 1 atom stereocenters. The van der Waals surface area contributed by atoms with Gasteiger partial charge in [-0.25, -0.2) is 4.79 Å². The molecule has 3 aromatic carbocycles. The minimum absolute atomic E-state index is 0.228. The van der Waals surface area contributed by atoms with Crippen LogP contribution in [0.2, 0.25) is 5.02 Å². The second kappa shape index (κ2) is 8.68. The van der Waals surface area contributed by atoms with Gasteiger partial charge in [-0.15, -0.1) is 0 Å². The minimum atomic E-state index is -0.378. The van der Waals surface area contributed by atoms with Gasteiger partial charge in [-0.3, -0.25) is 0 Å². The molecule has 0 saturated heterocycles. The second-order valence-electron chi connectivity index (χ2n) is 8.12. The molecule has 5 rings (SSSR count). The number of hydrogen-bond donors (Lipinski definition) is 1. The maximum atomic E-state index is 13.8. The first-order valence-corrected chi connectivity index (χ1v) is 11.2. The Morgan fingerprint density at radius 3 is 2.64 bits per heavy atom. The van der Waals surface area contributed by atoms with Crippen molar-refractivity contribution in [2.75, 3.05) is 12.4 Å². The number of benzene rings is 3. The topological polar surface area (TPSA) is 46.5 Å². The molecule has 1 aliphatic heterocycles. The molecule has 1 N–H and O–H groups in total. The summed E-state index contributed by atoms with van der Waals surface area (Å²) in [6, 6.07) is 25.0. The van der Waals surface area contributed by atoms with E-state index in [4.69, 9.17) is 16.3 Å². The van der Waals surface area contributed by atoms with Crippen molar-refractivity contribution in [2.24, 2.45) is 0 Å². The Morgan fingerprint density at radius 1 is 1.03 bits per heavy atom. The van der Waals surface area contributed by atoms with E-state index in [0.29, 0.717) is 23.0 Å². The van der Waals surface area contributed by atoms with Gasteiger partial charge in [0.25, 0.3) is 0 Å². The molecular formula is C27H24ClN3O2. The summed E-state index contributed by atoms with van der Waals surface area (Å²) in [4.78, 5) is 15.7. The molecule has 0 radical (unpaired) electrons. The number of aromatic nitrogens is 1. The van der Waals surface area contributed by atoms with E-state index in [-0.39, 0.29) is 12.1 Å². The maximum Gasteiger partial charge on any atom is 0.323 e. The fourth-order valence-electron chi connectivity index (χ4n) is 4.47. The lowest BCUT2D eigenvalue weighted by Crippen LogP contribution is -2.38. The van der Waals surface area contributed by atoms with Crippen molar-refractivity contribution in [3.05, 3.63) is 112 Å². The van der Waals surface area contributed by atoms with Crippen LogP contribution in [0.25, 0.3) is 5.69 Å². The van der Waals surface area contributed by atoms with E-state index in [1.165, 1.54) is 0 Å². The number of nitrogens with zero attached hydrogens (tertiary/aromatic N) is 2. The molecule has 0 aliphatic carbocycles. The molecule has 1 aromatic heterocycles. The van der Waals surface area contributed by atoms with E-state index in [1.54, 1.807) is 7.11 Å². The van der Waals surface area contributed by atoms with E-state index >= 15 is 0 Å². The van der Waals surface area contributed by atoms with Gasteiger partial charge >= 0.3 is 6.03 Å². The number of aryl methyl sites for hydroxylation is 1. The van der Waals surface area contributed by atoms with E-state index in [0.717, 1.165) is 28.1 Å². The Morgan fingerprint density at radius 2 is 1.82 bits per heavy atom. The summed E-state index contributed by atoms with van der Waals surface area (Å²) in [5.74, 6) is 0.613. The molecule has 2 amide bonds. The first kappa shape index (κ1) is 21.2. The highest BCUT2D eigenvalue weighted by Crippen LogP contribution is 2.39. The van der Waals surface area contributed by atoms with Gasteiger partial charge in [0.05, 0.1) is 30.7 Å². The number of methoxy groups -OCH3 is 1. The largest absolute Gasteiger partial charge is 0.495 e. The number of halogens is 1. The van der Waals surface area contributed by atoms with E-state index in [9.17, 15) is 4.79 Å². The lowest BCUT2D eigenvalue weighted by atomic mass is 10.0. The summed E-state index contributed by atoms with van der Waals surface area (Å²) in [5, 5.41) is 3.70. The lowest BCUT2D eigenvalue weighted by Gasteiger charge is -2.31. The van der Waals surface area contributed by atoms with Crippen molar-refractivity contribution in [3.8, 4) is 11.4 Å². The number of fused-ring (bicyclic) bond motifs is 3. The number of rotatable bonds is 3. The third-order valence-corrected chi connectivity index (χ3v) is 6.37. The molecule has 6 heteroatoms. The molecule has 0 fully saturated rings. The molecule has 2 heterocycles. The van der Waals surface area contributed by atoms with Crippen LogP contribution in [-0.2, 0) is 6.54 Å².